The third-order valence-corrected chi connectivity index (χ3v) is 4.23. The van der Waals surface area contributed by atoms with E-state index in [-0.39, 0.29) is 11.5 Å². The fourth-order valence-corrected chi connectivity index (χ4v) is 2.78. The first kappa shape index (κ1) is 19.3. The third-order valence-electron chi connectivity index (χ3n) is 4.23. The molecule has 3 rings (SSSR count). The molecule has 0 aliphatic heterocycles. The molecule has 0 aliphatic rings. The van der Waals surface area contributed by atoms with Crippen molar-refractivity contribution >= 4 is 29.4 Å². The van der Waals surface area contributed by atoms with Crippen LogP contribution in [-0.2, 0) is 0 Å². The van der Waals surface area contributed by atoms with E-state index in [1.54, 1.807) is 36.4 Å². The lowest BCUT2D eigenvalue weighted by atomic mass is 10.1. The topological polar surface area (TPSA) is 32.3 Å². The van der Waals surface area contributed by atoms with Gasteiger partial charge in [-0.1, -0.05) is 36.4 Å². The predicted molar refractivity (Wildman–Crippen MR) is 110 cm³/mol. The van der Waals surface area contributed by atoms with Gasteiger partial charge in [-0.25, -0.2) is 8.78 Å². The molecule has 5 heteroatoms. The molecule has 0 unspecified atom stereocenters. The molecule has 3 aromatic carbocycles. The summed E-state index contributed by atoms with van der Waals surface area (Å²) in [5, 5.41) is 2.91. The molecule has 0 radical (unpaired) electrons. The Morgan fingerprint density at radius 2 is 1.57 bits per heavy atom. The monoisotopic (exact) mass is 378 g/mol. The Kier molecular flexibility index (Phi) is 5.84. The van der Waals surface area contributed by atoms with Gasteiger partial charge >= 0.3 is 0 Å². The zero-order valence-electron chi connectivity index (χ0n) is 15.6. The molecule has 0 heterocycles. The maximum atomic E-state index is 13.8. The second kappa shape index (κ2) is 8.48. The smallest absolute Gasteiger partial charge is 0.255 e. The first-order valence-electron chi connectivity index (χ1n) is 8.75. The summed E-state index contributed by atoms with van der Waals surface area (Å²) in [4.78, 5) is 14.4. The van der Waals surface area contributed by atoms with Gasteiger partial charge in [0.05, 0.1) is 11.4 Å². The summed E-state index contributed by atoms with van der Waals surface area (Å²) in [6, 6.07) is 18.1. The minimum absolute atomic E-state index is 0.103. The molecule has 0 fully saturated rings. The summed E-state index contributed by atoms with van der Waals surface area (Å²) in [5.41, 5.74) is 2.57. The Hall–Kier alpha value is -3.47. The van der Waals surface area contributed by atoms with Crippen molar-refractivity contribution < 1.29 is 13.6 Å². The van der Waals surface area contributed by atoms with Crippen molar-refractivity contribution in [1.29, 1.82) is 0 Å². The summed E-state index contributed by atoms with van der Waals surface area (Å²) >= 11 is 0. The Labute approximate surface area is 162 Å². The molecule has 0 saturated carbocycles. The van der Waals surface area contributed by atoms with E-state index >= 15 is 0 Å². The van der Waals surface area contributed by atoms with E-state index in [4.69, 9.17) is 0 Å². The summed E-state index contributed by atoms with van der Waals surface area (Å²) in [6.45, 7) is 0. The summed E-state index contributed by atoms with van der Waals surface area (Å²) < 4.78 is 27.6. The molecule has 0 spiro atoms. The number of amides is 1. The third kappa shape index (κ3) is 4.43. The van der Waals surface area contributed by atoms with Crippen molar-refractivity contribution in [2.75, 3.05) is 24.3 Å². The summed E-state index contributed by atoms with van der Waals surface area (Å²) in [7, 11) is 3.75. The van der Waals surface area contributed by atoms with Gasteiger partial charge in [-0.3, -0.25) is 4.79 Å². The lowest BCUT2D eigenvalue weighted by Gasteiger charge is -2.18. The van der Waals surface area contributed by atoms with Crippen molar-refractivity contribution in [2.45, 2.75) is 0 Å². The fourth-order valence-electron chi connectivity index (χ4n) is 2.78. The zero-order chi connectivity index (χ0) is 20.1. The van der Waals surface area contributed by atoms with E-state index in [0.717, 1.165) is 5.69 Å². The molecule has 3 nitrogen and oxygen atoms in total. The van der Waals surface area contributed by atoms with Crippen LogP contribution < -0.4 is 10.2 Å². The normalized spacial score (nSPS) is 10.9. The van der Waals surface area contributed by atoms with Crippen LogP contribution in [-0.4, -0.2) is 20.0 Å². The van der Waals surface area contributed by atoms with Gasteiger partial charge in [0.2, 0.25) is 0 Å². The van der Waals surface area contributed by atoms with E-state index < -0.39 is 11.6 Å². The first-order chi connectivity index (χ1) is 13.5. The quantitative estimate of drug-likeness (QED) is 0.599. The Balaban J connectivity index is 1.91. The number of rotatable bonds is 5. The lowest BCUT2D eigenvalue weighted by molar-refractivity contribution is 0.102. The zero-order valence-corrected chi connectivity index (χ0v) is 15.6. The van der Waals surface area contributed by atoms with Gasteiger partial charge in [-0.05, 0) is 48.0 Å². The molecule has 0 aliphatic carbocycles. The van der Waals surface area contributed by atoms with E-state index in [1.165, 1.54) is 24.3 Å². The van der Waals surface area contributed by atoms with Gasteiger partial charge in [0.15, 0.2) is 0 Å². The molecule has 28 heavy (non-hydrogen) atoms. The molecule has 0 bridgehead atoms. The average molecular weight is 378 g/mol. The molecule has 3 aromatic rings. The van der Waals surface area contributed by atoms with Crippen LogP contribution in [0.15, 0.2) is 66.7 Å². The first-order valence-corrected chi connectivity index (χ1v) is 8.75. The van der Waals surface area contributed by atoms with Crippen molar-refractivity contribution in [3.05, 3.63) is 95.1 Å². The van der Waals surface area contributed by atoms with E-state index in [2.05, 4.69) is 5.32 Å². The van der Waals surface area contributed by atoms with E-state index in [9.17, 15) is 13.6 Å². The van der Waals surface area contributed by atoms with Crippen LogP contribution in [0, 0.1) is 11.6 Å². The van der Waals surface area contributed by atoms with Gasteiger partial charge in [-0.2, -0.15) is 0 Å². The van der Waals surface area contributed by atoms with Crippen molar-refractivity contribution in [3.63, 3.8) is 0 Å². The molecule has 1 amide bonds. The number of carbonyl (C=O) groups is 1. The van der Waals surface area contributed by atoms with E-state index in [0.29, 0.717) is 16.8 Å². The number of halogens is 2. The van der Waals surface area contributed by atoms with Crippen LogP contribution >= 0.6 is 0 Å². The minimum Gasteiger partial charge on any atom is -0.376 e. The van der Waals surface area contributed by atoms with E-state index in [1.807, 2.05) is 37.2 Å². The van der Waals surface area contributed by atoms with Gasteiger partial charge in [0.1, 0.15) is 11.6 Å². The van der Waals surface area contributed by atoms with Crippen molar-refractivity contribution in [1.82, 2.24) is 0 Å². The number of nitrogens with zero attached hydrogens (tertiary/aromatic N) is 1. The molecular weight excluding hydrogens is 358 g/mol. The number of benzene rings is 3. The van der Waals surface area contributed by atoms with Gasteiger partial charge < -0.3 is 10.2 Å². The lowest BCUT2D eigenvalue weighted by Crippen LogP contribution is -2.16. The van der Waals surface area contributed by atoms with Crippen molar-refractivity contribution in [2.24, 2.45) is 0 Å². The maximum Gasteiger partial charge on any atom is 0.255 e. The number of anilines is 2. The van der Waals surface area contributed by atoms with Crippen LogP contribution in [0.4, 0.5) is 20.2 Å². The maximum absolute atomic E-state index is 13.8. The second-order valence-electron chi connectivity index (χ2n) is 6.46. The SMILES string of the molecule is CN(C)c1ccc(C=Cc2c(F)cccc2F)cc1NC(=O)c1ccccc1. The van der Waals surface area contributed by atoms with Crippen LogP contribution in [0.1, 0.15) is 21.5 Å². The standard InChI is InChI=1S/C23H20F2N2O/c1-27(2)22-14-12-16(11-13-18-19(24)9-6-10-20(18)25)15-21(22)26-23(28)17-7-4-3-5-8-17/h3-15H,1-2H3,(H,26,28). The predicted octanol–water partition coefficient (Wildman–Crippen LogP) is 5.45. The second-order valence-corrected chi connectivity index (χ2v) is 6.46. The molecule has 1 N–H and O–H groups in total. The average Bonchev–Trinajstić information content (AvgIpc) is 2.68. The highest BCUT2D eigenvalue weighted by molar-refractivity contribution is 6.06. The highest BCUT2D eigenvalue weighted by Gasteiger charge is 2.11. The van der Waals surface area contributed by atoms with Crippen LogP contribution in [0.25, 0.3) is 12.2 Å². The number of nitrogens with one attached hydrogen (secondary N) is 1. The molecule has 142 valence electrons. The highest BCUT2D eigenvalue weighted by atomic mass is 19.1. The Bertz CT molecular complexity index is 994. The molecular formula is C23H20F2N2O. The Morgan fingerprint density at radius 1 is 0.893 bits per heavy atom. The van der Waals surface area contributed by atoms with Gasteiger partial charge in [0.25, 0.3) is 5.91 Å². The largest absolute Gasteiger partial charge is 0.376 e. The van der Waals surface area contributed by atoms with Gasteiger partial charge in [-0.15, -0.1) is 0 Å². The number of carbonyl (C=O) groups excluding carboxylic acids is 1. The van der Waals surface area contributed by atoms with Crippen LogP contribution in [0.3, 0.4) is 0 Å². The summed E-state index contributed by atoms with van der Waals surface area (Å²) in [6.07, 6.45) is 3.00. The molecule has 0 atom stereocenters. The number of hydrogen-bond acceptors (Lipinski definition) is 2. The number of hydrogen-bond donors (Lipinski definition) is 1. The van der Waals surface area contributed by atoms with Crippen LogP contribution in [0.5, 0.6) is 0 Å². The fraction of sp³-hybridized carbons (Fsp3) is 0.0870. The minimum atomic E-state index is -0.626. The summed E-state index contributed by atoms with van der Waals surface area (Å²) in [5.74, 6) is -1.48. The highest BCUT2D eigenvalue weighted by Crippen LogP contribution is 2.27. The van der Waals surface area contributed by atoms with Crippen molar-refractivity contribution in [3.8, 4) is 0 Å². The van der Waals surface area contributed by atoms with Gasteiger partial charge in [0, 0.05) is 25.2 Å². The molecule has 0 saturated heterocycles. The Morgan fingerprint density at radius 3 is 2.21 bits per heavy atom. The van der Waals surface area contributed by atoms with Crippen LogP contribution in [0.2, 0.25) is 0 Å². The molecule has 0 aromatic heterocycles.